The van der Waals surface area contributed by atoms with Gasteiger partial charge in [0.05, 0.1) is 6.04 Å². The topological polar surface area (TPSA) is 96.7 Å². The third kappa shape index (κ3) is 6.98. The van der Waals surface area contributed by atoms with Crippen LogP contribution in [0.15, 0.2) is 4.99 Å². The van der Waals surface area contributed by atoms with Gasteiger partial charge in [-0.1, -0.05) is 6.42 Å². The Morgan fingerprint density at radius 1 is 1.23 bits per heavy atom. The van der Waals surface area contributed by atoms with Gasteiger partial charge in [-0.05, 0) is 40.0 Å². The summed E-state index contributed by atoms with van der Waals surface area (Å²) in [5.74, 6) is 3.03. The number of aliphatic imine (C=N–C) groups is 1. The number of amides is 1. The lowest BCUT2D eigenvalue weighted by Gasteiger charge is -2.23. The highest BCUT2D eigenvalue weighted by molar-refractivity contribution is 14.0. The second-order valence-corrected chi connectivity index (χ2v) is 8.80. The normalized spacial score (nSPS) is 19.5. The molecule has 0 aromatic carbocycles. The fraction of sp³-hybridized carbons (Fsp3) is 0.800. The lowest BCUT2D eigenvalue weighted by Crippen LogP contribution is -2.44. The van der Waals surface area contributed by atoms with E-state index in [1.807, 2.05) is 20.8 Å². The summed E-state index contributed by atoms with van der Waals surface area (Å²) in [4.78, 5) is 18.6. The first-order chi connectivity index (χ1) is 13.9. The van der Waals surface area contributed by atoms with Crippen LogP contribution >= 0.6 is 24.0 Å². The summed E-state index contributed by atoms with van der Waals surface area (Å²) in [5.41, 5.74) is -0.486. The number of carbonyl (C=O) groups is 1. The number of nitrogens with zero attached hydrogens (tertiary/aromatic N) is 5. The molecule has 2 aliphatic rings. The van der Waals surface area contributed by atoms with E-state index in [9.17, 15) is 4.79 Å². The number of likely N-dealkylation sites (tertiary alicyclic amines) is 1. The number of nitrogens with one attached hydrogen (secondary N) is 2. The molecule has 0 aliphatic carbocycles. The smallest absolute Gasteiger partial charge is 0.407 e. The third-order valence-corrected chi connectivity index (χ3v) is 5.24. The van der Waals surface area contributed by atoms with Crippen LogP contribution in [0, 0.1) is 0 Å². The summed E-state index contributed by atoms with van der Waals surface area (Å²) in [6.07, 6.45) is 6.03. The maximum absolute atomic E-state index is 12.0. The number of fused-ring (bicyclic) bond motifs is 1. The van der Waals surface area contributed by atoms with Gasteiger partial charge in [0, 0.05) is 46.1 Å². The van der Waals surface area contributed by atoms with Gasteiger partial charge in [-0.2, -0.15) is 0 Å². The lowest BCUT2D eigenvalue weighted by molar-refractivity contribution is 0.0507. The molecule has 3 rings (SSSR count). The van der Waals surface area contributed by atoms with Crippen LogP contribution in [0.3, 0.4) is 0 Å². The molecule has 1 fully saturated rings. The molecule has 1 atom stereocenters. The van der Waals surface area contributed by atoms with Crippen molar-refractivity contribution in [1.82, 2.24) is 30.3 Å². The molecule has 170 valence electrons. The number of hydrogen-bond acceptors (Lipinski definition) is 5. The quantitative estimate of drug-likeness (QED) is 0.351. The lowest BCUT2D eigenvalue weighted by atomic mass is 10.2. The van der Waals surface area contributed by atoms with E-state index in [-0.39, 0.29) is 36.1 Å². The zero-order chi connectivity index (χ0) is 20.9. The first-order valence-electron chi connectivity index (χ1n) is 10.7. The van der Waals surface area contributed by atoms with Gasteiger partial charge in [0.2, 0.25) is 0 Å². The Labute approximate surface area is 196 Å². The van der Waals surface area contributed by atoms with Crippen molar-refractivity contribution in [2.75, 3.05) is 26.7 Å². The van der Waals surface area contributed by atoms with Crippen molar-refractivity contribution in [3.63, 3.8) is 0 Å². The highest BCUT2D eigenvalue weighted by Gasteiger charge is 2.27. The van der Waals surface area contributed by atoms with E-state index in [0.717, 1.165) is 63.0 Å². The average Bonchev–Trinajstić information content (AvgIpc) is 3.17. The van der Waals surface area contributed by atoms with Gasteiger partial charge in [0.1, 0.15) is 17.2 Å². The fourth-order valence-corrected chi connectivity index (χ4v) is 3.89. The Morgan fingerprint density at radius 3 is 2.77 bits per heavy atom. The van der Waals surface area contributed by atoms with Crippen LogP contribution in [0.1, 0.15) is 58.1 Å². The molecule has 2 N–H and O–H groups in total. The van der Waals surface area contributed by atoms with E-state index < -0.39 is 5.60 Å². The van der Waals surface area contributed by atoms with E-state index in [1.54, 1.807) is 7.05 Å². The van der Waals surface area contributed by atoms with Crippen LogP contribution in [0.2, 0.25) is 0 Å². The maximum atomic E-state index is 12.0. The fourth-order valence-electron chi connectivity index (χ4n) is 3.89. The Balaban J connectivity index is 0.00000320. The zero-order valence-corrected chi connectivity index (χ0v) is 20.9. The zero-order valence-electron chi connectivity index (χ0n) is 18.6. The number of aromatic nitrogens is 3. The molecule has 10 heteroatoms. The van der Waals surface area contributed by atoms with E-state index in [1.165, 1.54) is 19.3 Å². The van der Waals surface area contributed by atoms with E-state index in [0.29, 0.717) is 0 Å². The van der Waals surface area contributed by atoms with Gasteiger partial charge in [-0.25, -0.2) is 4.79 Å². The van der Waals surface area contributed by atoms with E-state index in [4.69, 9.17) is 4.74 Å². The molecule has 1 unspecified atom stereocenters. The highest BCUT2D eigenvalue weighted by atomic mass is 127. The molecular weight excluding hydrogens is 497 g/mol. The van der Waals surface area contributed by atoms with Crippen LogP contribution in [0.5, 0.6) is 0 Å². The van der Waals surface area contributed by atoms with Crippen LogP contribution < -0.4 is 10.6 Å². The summed E-state index contributed by atoms with van der Waals surface area (Å²) in [6.45, 7) is 8.95. The van der Waals surface area contributed by atoms with Crippen LogP contribution in [0.25, 0.3) is 0 Å². The Morgan fingerprint density at radius 2 is 2.03 bits per heavy atom. The minimum atomic E-state index is -0.486. The monoisotopic (exact) mass is 533 g/mol. The molecule has 1 aromatic heterocycles. The number of guanidine groups is 1. The van der Waals surface area contributed by atoms with E-state index >= 15 is 0 Å². The second-order valence-electron chi connectivity index (χ2n) is 8.80. The van der Waals surface area contributed by atoms with Gasteiger partial charge < -0.3 is 24.8 Å². The van der Waals surface area contributed by atoms with Gasteiger partial charge in [0.25, 0.3) is 0 Å². The SMILES string of the molecule is CN=C(NCCc1nnc2n1CCCCC2)N1CCC(NC(=O)OC(C)(C)C)C1.I. The minimum absolute atomic E-state index is 0. The number of hydrogen-bond donors (Lipinski definition) is 2. The summed E-state index contributed by atoms with van der Waals surface area (Å²) in [6, 6.07) is 0.0654. The van der Waals surface area contributed by atoms with Crippen LogP contribution in [0.4, 0.5) is 4.79 Å². The predicted octanol–water partition coefficient (Wildman–Crippen LogP) is 2.34. The highest BCUT2D eigenvalue weighted by Crippen LogP contribution is 2.15. The molecule has 0 radical (unpaired) electrons. The number of carbonyl (C=O) groups excluding carboxylic acids is 1. The number of rotatable bonds is 4. The summed E-state index contributed by atoms with van der Waals surface area (Å²) >= 11 is 0. The Kier molecular flexibility index (Phi) is 9.17. The predicted molar refractivity (Wildman–Crippen MR) is 127 cm³/mol. The van der Waals surface area contributed by atoms with Crippen molar-refractivity contribution in [2.24, 2.45) is 4.99 Å². The van der Waals surface area contributed by atoms with Crippen LogP contribution in [-0.4, -0.2) is 70.0 Å². The van der Waals surface area contributed by atoms with Gasteiger partial charge >= 0.3 is 6.09 Å². The maximum Gasteiger partial charge on any atom is 0.407 e. The number of ether oxygens (including phenoxy) is 1. The van der Waals surface area contributed by atoms with Crippen molar-refractivity contribution in [1.29, 1.82) is 0 Å². The van der Waals surface area contributed by atoms with Gasteiger partial charge in [-0.3, -0.25) is 4.99 Å². The summed E-state index contributed by atoms with van der Waals surface area (Å²) in [7, 11) is 1.79. The van der Waals surface area contributed by atoms with Crippen molar-refractivity contribution in [3.8, 4) is 0 Å². The third-order valence-electron chi connectivity index (χ3n) is 5.24. The second kappa shape index (κ2) is 11.1. The molecule has 0 bridgehead atoms. The van der Waals surface area contributed by atoms with Crippen molar-refractivity contribution in [3.05, 3.63) is 11.6 Å². The minimum Gasteiger partial charge on any atom is -0.444 e. The van der Waals surface area contributed by atoms with Crippen molar-refractivity contribution >= 4 is 36.0 Å². The first-order valence-corrected chi connectivity index (χ1v) is 10.7. The van der Waals surface area contributed by atoms with E-state index in [2.05, 4.69) is 35.3 Å². The van der Waals surface area contributed by atoms with Crippen molar-refractivity contribution < 1.29 is 9.53 Å². The molecule has 1 amide bonds. The molecule has 1 aromatic rings. The summed E-state index contributed by atoms with van der Waals surface area (Å²) in [5, 5.41) is 15.1. The van der Waals surface area contributed by atoms with Gasteiger partial charge in [-0.15, -0.1) is 34.2 Å². The number of aryl methyl sites for hydroxylation is 1. The number of halogens is 1. The Bertz CT molecular complexity index is 729. The van der Waals surface area contributed by atoms with Crippen LogP contribution in [-0.2, 0) is 24.1 Å². The van der Waals surface area contributed by atoms with Crippen molar-refractivity contribution in [2.45, 2.75) is 77.5 Å². The molecule has 1 saturated heterocycles. The first kappa shape index (κ1) is 24.7. The molecule has 3 heterocycles. The summed E-state index contributed by atoms with van der Waals surface area (Å²) < 4.78 is 7.64. The molecule has 0 spiro atoms. The largest absolute Gasteiger partial charge is 0.444 e. The Hall–Kier alpha value is -1.59. The molecule has 0 saturated carbocycles. The average molecular weight is 533 g/mol. The number of alkyl carbamates (subject to hydrolysis) is 1. The molecule has 30 heavy (non-hydrogen) atoms. The molecule has 9 nitrogen and oxygen atoms in total. The molecule has 2 aliphatic heterocycles. The van der Waals surface area contributed by atoms with Gasteiger partial charge in [0.15, 0.2) is 5.96 Å². The standard InChI is InChI=1S/C20H35N7O2.HI/c1-20(2,3)29-19(28)23-15-10-13-26(14-15)18(21-4)22-11-9-17-25-24-16-8-6-5-7-12-27(16)17;/h15H,5-14H2,1-4H3,(H,21,22)(H,23,28);1H. The molecular formula is C20H36IN7O2.